The minimum atomic E-state index is -0.0791. The highest BCUT2D eigenvalue weighted by Gasteiger charge is 2.06. The van der Waals surface area contributed by atoms with Gasteiger partial charge in [0.05, 0.1) is 0 Å². The van der Waals surface area contributed by atoms with Gasteiger partial charge in [-0.15, -0.1) is 24.0 Å². The molecular weight excluding hydrogens is 479 g/mol. The summed E-state index contributed by atoms with van der Waals surface area (Å²) in [7, 11) is 3.37. The van der Waals surface area contributed by atoms with Gasteiger partial charge in [0.1, 0.15) is 12.4 Å². The summed E-state index contributed by atoms with van der Waals surface area (Å²) < 4.78 is 5.68. The van der Waals surface area contributed by atoms with Crippen molar-refractivity contribution in [1.82, 2.24) is 16.0 Å². The van der Waals surface area contributed by atoms with Crippen LogP contribution in [0.25, 0.3) is 0 Å². The fourth-order valence-electron chi connectivity index (χ4n) is 2.68. The number of hydrogen-bond donors (Lipinski definition) is 3. The molecule has 0 spiro atoms. The zero-order chi connectivity index (χ0) is 20.2. The smallest absolute Gasteiger partial charge is 0.251 e. The van der Waals surface area contributed by atoms with Gasteiger partial charge in [0.15, 0.2) is 5.96 Å². The first-order valence-corrected chi connectivity index (χ1v) is 9.25. The maximum atomic E-state index is 11.7. The Morgan fingerprint density at radius 1 is 1.17 bits per heavy atom. The Kier molecular flexibility index (Phi) is 11.5. The van der Waals surface area contributed by atoms with Crippen molar-refractivity contribution in [3.8, 4) is 5.75 Å². The number of nitrogens with zero attached hydrogens (tertiary/aromatic N) is 1. The lowest BCUT2D eigenvalue weighted by Crippen LogP contribution is -2.37. The molecule has 6 nitrogen and oxygen atoms in total. The number of aliphatic imine (C=N–C) groups is 1. The summed E-state index contributed by atoms with van der Waals surface area (Å²) >= 11 is 0. The molecule has 156 valence electrons. The molecule has 29 heavy (non-hydrogen) atoms. The van der Waals surface area contributed by atoms with E-state index in [-0.39, 0.29) is 29.9 Å². The Labute approximate surface area is 189 Å². The fraction of sp³-hybridized carbons (Fsp3) is 0.273. The molecular formula is C22H29IN4O2. The van der Waals surface area contributed by atoms with Gasteiger partial charge < -0.3 is 20.7 Å². The minimum absolute atomic E-state index is 0. The molecule has 0 heterocycles. The number of carbonyl (C=O) groups is 1. The highest BCUT2D eigenvalue weighted by Crippen LogP contribution is 2.17. The Hall–Kier alpha value is -2.55. The molecule has 0 saturated heterocycles. The van der Waals surface area contributed by atoms with Crippen LogP contribution in [0.15, 0.2) is 66.2 Å². The van der Waals surface area contributed by atoms with E-state index in [9.17, 15) is 4.79 Å². The average molecular weight is 508 g/mol. The van der Waals surface area contributed by atoms with E-state index in [4.69, 9.17) is 4.74 Å². The maximum Gasteiger partial charge on any atom is 0.251 e. The lowest BCUT2D eigenvalue weighted by Gasteiger charge is -2.14. The number of rotatable bonds is 9. The molecule has 0 saturated carbocycles. The van der Waals surface area contributed by atoms with Gasteiger partial charge in [-0.3, -0.25) is 9.79 Å². The number of halogens is 1. The predicted molar refractivity (Wildman–Crippen MR) is 129 cm³/mol. The van der Waals surface area contributed by atoms with E-state index in [2.05, 4.69) is 27.5 Å². The summed E-state index contributed by atoms with van der Waals surface area (Å²) in [6.45, 7) is 5.45. The molecule has 0 aromatic heterocycles. The summed E-state index contributed by atoms with van der Waals surface area (Å²) in [6.07, 6.45) is 2.51. The van der Waals surface area contributed by atoms with E-state index in [1.54, 1.807) is 20.2 Å². The molecule has 0 aliphatic rings. The van der Waals surface area contributed by atoms with Crippen LogP contribution in [0.3, 0.4) is 0 Å². The van der Waals surface area contributed by atoms with Crippen LogP contribution in [0, 0.1) is 0 Å². The number of hydrogen-bond acceptors (Lipinski definition) is 3. The number of para-hydroxylation sites is 1. The standard InChI is InChI=1S/C22H28N4O2.HI/c1-4-14-28-20-11-6-5-9-19(20)16-26-22(24-3)25-13-12-17-8-7-10-18(15-17)21(27)23-2;/h4-11,15H,1,12-14,16H2,2-3H3,(H,23,27)(H2,24,25,26);1H. The summed E-state index contributed by atoms with van der Waals surface area (Å²) in [5.41, 5.74) is 2.80. The molecule has 0 aliphatic heterocycles. The van der Waals surface area contributed by atoms with Crippen molar-refractivity contribution in [2.24, 2.45) is 4.99 Å². The summed E-state index contributed by atoms with van der Waals surface area (Å²) in [4.78, 5) is 16.0. The molecule has 0 aliphatic carbocycles. The minimum Gasteiger partial charge on any atom is -0.489 e. The SMILES string of the molecule is C=CCOc1ccccc1CNC(=NC)NCCc1cccc(C(=O)NC)c1.I. The topological polar surface area (TPSA) is 74.8 Å². The van der Waals surface area contributed by atoms with Crippen molar-refractivity contribution in [1.29, 1.82) is 0 Å². The average Bonchev–Trinajstić information content (AvgIpc) is 2.74. The second kappa shape index (κ2) is 13.6. The van der Waals surface area contributed by atoms with Gasteiger partial charge in [-0.1, -0.05) is 43.0 Å². The largest absolute Gasteiger partial charge is 0.489 e. The first-order valence-electron chi connectivity index (χ1n) is 9.25. The van der Waals surface area contributed by atoms with Crippen molar-refractivity contribution in [2.45, 2.75) is 13.0 Å². The van der Waals surface area contributed by atoms with Crippen molar-refractivity contribution in [3.05, 3.63) is 77.9 Å². The molecule has 2 aromatic carbocycles. The predicted octanol–water partition coefficient (Wildman–Crippen LogP) is 3.14. The highest BCUT2D eigenvalue weighted by molar-refractivity contribution is 14.0. The Morgan fingerprint density at radius 3 is 2.69 bits per heavy atom. The Balaban J connectivity index is 0.00000420. The Bertz CT molecular complexity index is 824. The number of amides is 1. The molecule has 1 amide bonds. The number of ether oxygens (including phenoxy) is 1. The van der Waals surface area contributed by atoms with Crippen molar-refractivity contribution >= 4 is 35.8 Å². The van der Waals surface area contributed by atoms with E-state index in [0.29, 0.717) is 31.2 Å². The van der Waals surface area contributed by atoms with Gasteiger partial charge in [0.2, 0.25) is 0 Å². The number of nitrogens with one attached hydrogen (secondary N) is 3. The van der Waals surface area contributed by atoms with Gasteiger partial charge in [0, 0.05) is 38.3 Å². The van der Waals surface area contributed by atoms with Crippen LogP contribution >= 0.6 is 24.0 Å². The normalized spacial score (nSPS) is 10.5. The second-order valence-electron chi connectivity index (χ2n) is 6.09. The van der Waals surface area contributed by atoms with Crippen LogP contribution < -0.4 is 20.7 Å². The first kappa shape index (κ1) is 24.5. The van der Waals surface area contributed by atoms with E-state index in [1.165, 1.54) is 0 Å². The van der Waals surface area contributed by atoms with E-state index in [1.807, 2.05) is 48.5 Å². The van der Waals surface area contributed by atoms with Gasteiger partial charge in [0.25, 0.3) is 5.91 Å². The number of benzene rings is 2. The highest BCUT2D eigenvalue weighted by atomic mass is 127. The summed E-state index contributed by atoms with van der Waals surface area (Å²) in [5.74, 6) is 1.46. The zero-order valence-corrected chi connectivity index (χ0v) is 19.2. The maximum absolute atomic E-state index is 11.7. The first-order chi connectivity index (χ1) is 13.7. The molecule has 0 radical (unpaired) electrons. The van der Waals surface area contributed by atoms with Gasteiger partial charge in [-0.2, -0.15) is 0 Å². The van der Waals surface area contributed by atoms with Crippen molar-refractivity contribution in [2.75, 3.05) is 27.2 Å². The van der Waals surface area contributed by atoms with Gasteiger partial charge >= 0.3 is 0 Å². The molecule has 2 rings (SSSR count). The van der Waals surface area contributed by atoms with Crippen LogP contribution in [0.4, 0.5) is 0 Å². The van der Waals surface area contributed by atoms with Crippen molar-refractivity contribution < 1.29 is 9.53 Å². The fourth-order valence-corrected chi connectivity index (χ4v) is 2.68. The van der Waals surface area contributed by atoms with Crippen molar-refractivity contribution in [3.63, 3.8) is 0 Å². The summed E-state index contributed by atoms with van der Waals surface area (Å²) in [5, 5.41) is 9.23. The molecule has 0 atom stereocenters. The number of carbonyl (C=O) groups excluding carboxylic acids is 1. The molecule has 7 heteroatoms. The van der Waals surface area contributed by atoms with Crippen LogP contribution in [0.5, 0.6) is 5.75 Å². The zero-order valence-electron chi connectivity index (χ0n) is 16.9. The molecule has 0 bridgehead atoms. The van der Waals surface area contributed by atoms with Crippen LogP contribution in [0.1, 0.15) is 21.5 Å². The van der Waals surface area contributed by atoms with Gasteiger partial charge in [-0.25, -0.2) is 0 Å². The monoisotopic (exact) mass is 508 g/mol. The molecule has 0 fully saturated rings. The molecule has 3 N–H and O–H groups in total. The van der Waals surface area contributed by atoms with E-state index in [0.717, 1.165) is 23.3 Å². The van der Waals surface area contributed by atoms with E-state index >= 15 is 0 Å². The lowest BCUT2D eigenvalue weighted by molar-refractivity contribution is 0.0963. The van der Waals surface area contributed by atoms with Crippen LogP contribution in [0.2, 0.25) is 0 Å². The quantitative estimate of drug-likeness (QED) is 0.211. The third-order valence-corrected chi connectivity index (χ3v) is 4.12. The van der Waals surface area contributed by atoms with E-state index < -0.39 is 0 Å². The lowest BCUT2D eigenvalue weighted by atomic mass is 10.1. The van der Waals surface area contributed by atoms with Gasteiger partial charge in [-0.05, 0) is 30.2 Å². The van der Waals surface area contributed by atoms with Crippen LogP contribution in [-0.4, -0.2) is 39.1 Å². The third kappa shape index (κ3) is 8.15. The molecule has 2 aromatic rings. The Morgan fingerprint density at radius 2 is 1.97 bits per heavy atom. The summed E-state index contributed by atoms with van der Waals surface area (Å²) in [6, 6.07) is 15.5. The number of guanidine groups is 1. The van der Waals surface area contributed by atoms with Crippen LogP contribution in [-0.2, 0) is 13.0 Å². The third-order valence-electron chi connectivity index (χ3n) is 4.12. The molecule has 0 unspecified atom stereocenters. The second-order valence-corrected chi connectivity index (χ2v) is 6.09.